The molecule has 1 N–H and O–H groups in total. The second-order valence-electron chi connectivity index (χ2n) is 4.95. The summed E-state index contributed by atoms with van der Waals surface area (Å²) in [5.74, 6) is 0. The third kappa shape index (κ3) is 3.58. The van der Waals surface area contributed by atoms with Gasteiger partial charge in [-0.1, -0.05) is 48.5 Å². The van der Waals surface area contributed by atoms with Crippen molar-refractivity contribution in [3.63, 3.8) is 0 Å². The molecule has 1 fully saturated rings. The van der Waals surface area contributed by atoms with Crippen molar-refractivity contribution in [1.29, 1.82) is 0 Å². The predicted molar refractivity (Wildman–Crippen MR) is 75.6 cm³/mol. The van der Waals surface area contributed by atoms with Crippen molar-refractivity contribution in [1.82, 2.24) is 4.90 Å². The molecule has 98 valence electrons. The quantitative estimate of drug-likeness (QED) is 0.883. The standard InChI is InChI=1S/C15H20ClNO/c1-12(16)11-17-9-5-8-14(17)10-15(18)13-6-3-2-4-7-13/h2-4,6-7,14-15,18H,1,5,8-11H2. The van der Waals surface area contributed by atoms with E-state index in [0.29, 0.717) is 11.1 Å². The highest BCUT2D eigenvalue weighted by Crippen LogP contribution is 2.27. The van der Waals surface area contributed by atoms with Crippen molar-refractivity contribution in [3.05, 3.63) is 47.5 Å². The first-order chi connectivity index (χ1) is 8.66. The molecule has 0 aliphatic carbocycles. The zero-order valence-electron chi connectivity index (χ0n) is 10.6. The maximum Gasteiger partial charge on any atom is 0.0805 e. The normalized spacial score (nSPS) is 22.0. The van der Waals surface area contributed by atoms with Gasteiger partial charge in [-0.05, 0) is 31.4 Å². The Morgan fingerprint density at radius 1 is 1.44 bits per heavy atom. The van der Waals surface area contributed by atoms with E-state index in [0.717, 1.165) is 31.5 Å². The summed E-state index contributed by atoms with van der Waals surface area (Å²) in [4.78, 5) is 2.32. The first-order valence-corrected chi connectivity index (χ1v) is 6.85. The van der Waals surface area contributed by atoms with Crippen molar-refractivity contribution in [2.75, 3.05) is 13.1 Å². The summed E-state index contributed by atoms with van der Waals surface area (Å²) >= 11 is 5.88. The Morgan fingerprint density at radius 2 is 2.17 bits per heavy atom. The third-order valence-electron chi connectivity index (χ3n) is 3.55. The molecule has 1 saturated heterocycles. The highest BCUT2D eigenvalue weighted by molar-refractivity contribution is 6.29. The number of halogens is 1. The fourth-order valence-corrected chi connectivity index (χ4v) is 2.81. The Bertz CT molecular complexity index is 393. The van der Waals surface area contributed by atoms with Gasteiger partial charge in [0.2, 0.25) is 0 Å². The van der Waals surface area contributed by atoms with Gasteiger partial charge in [0.05, 0.1) is 6.10 Å². The minimum Gasteiger partial charge on any atom is -0.388 e. The van der Waals surface area contributed by atoms with Crippen LogP contribution in [0.25, 0.3) is 0 Å². The van der Waals surface area contributed by atoms with Crippen LogP contribution in [-0.2, 0) is 0 Å². The molecule has 1 aromatic rings. The van der Waals surface area contributed by atoms with Gasteiger partial charge in [0, 0.05) is 17.6 Å². The van der Waals surface area contributed by atoms with Crippen LogP contribution in [0.5, 0.6) is 0 Å². The van der Waals surface area contributed by atoms with E-state index >= 15 is 0 Å². The maximum absolute atomic E-state index is 10.3. The summed E-state index contributed by atoms with van der Waals surface area (Å²) in [7, 11) is 0. The summed E-state index contributed by atoms with van der Waals surface area (Å²) in [5, 5.41) is 10.9. The number of hydrogen-bond acceptors (Lipinski definition) is 2. The monoisotopic (exact) mass is 265 g/mol. The number of benzene rings is 1. The van der Waals surface area contributed by atoms with E-state index in [1.807, 2.05) is 30.3 Å². The van der Waals surface area contributed by atoms with Crippen molar-refractivity contribution in [2.45, 2.75) is 31.4 Å². The Morgan fingerprint density at radius 3 is 2.83 bits per heavy atom. The number of likely N-dealkylation sites (tertiary alicyclic amines) is 1. The van der Waals surface area contributed by atoms with Crippen LogP contribution in [0.1, 0.15) is 30.9 Å². The summed E-state index contributed by atoms with van der Waals surface area (Å²) in [6, 6.07) is 10.3. The van der Waals surface area contributed by atoms with Crippen LogP contribution in [-0.4, -0.2) is 29.1 Å². The molecule has 1 aliphatic rings. The molecule has 0 amide bonds. The number of hydrogen-bond donors (Lipinski definition) is 1. The topological polar surface area (TPSA) is 23.5 Å². The van der Waals surface area contributed by atoms with Gasteiger partial charge in [-0.15, -0.1) is 0 Å². The molecule has 1 aliphatic heterocycles. The van der Waals surface area contributed by atoms with Crippen LogP contribution in [0.4, 0.5) is 0 Å². The highest BCUT2D eigenvalue weighted by Gasteiger charge is 2.27. The van der Waals surface area contributed by atoms with Crippen molar-refractivity contribution in [3.8, 4) is 0 Å². The molecular weight excluding hydrogens is 246 g/mol. The fraction of sp³-hybridized carbons (Fsp3) is 0.467. The fourth-order valence-electron chi connectivity index (χ4n) is 2.66. The van der Waals surface area contributed by atoms with Crippen LogP contribution in [0.3, 0.4) is 0 Å². The Labute approximate surface area is 114 Å². The van der Waals surface area contributed by atoms with E-state index in [4.69, 9.17) is 11.6 Å². The van der Waals surface area contributed by atoms with Gasteiger partial charge in [0.15, 0.2) is 0 Å². The summed E-state index contributed by atoms with van der Waals surface area (Å²) in [6.45, 7) is 5.54. The molecule has 0 saturated carbocycles. The molecule has 0 bridgehead atoms. The van der Waals surface area contributed by atoms with Crippen LogP contribution < -0.4 is 0 Å². The lowest BCUT2D eigenvalue weighted by molar-refractivity contribution is 0.125. The predicted octanol–water partition coefficient (Wildman–Crippen LogP) is 3.33. The van der Waals surface area contributed by atoms with E-state index in [1.165, 1.54) is 6.42 Å². The lowest BCUT2D eigenvalue weighted by atomic mass is 10.0. The van der Waals surface area contributed by atoms with Crippen LogP contribution in [0.2, 0.25) is 0 Å². The van der Waals surface area contributed by atoms with Gasteiger partial charge in [-0.2, -0.15) is 0 Å². The smallest absolute Gasteiger partial charge is 0.0805 e. The van der Waals surface area contributed by atoms with Crippen molar-refractivity contribution < 1.29 is 5.11 Å². The van der Waals surface area contributed by atoms with Gasteiger partial charge in [0.1, 0.15) is 0 Å². The van der Waals surface area contributed by atoms with Gasteiger partial charge in [-0.3, -0.25) is 4.90 Å². The first kappa shape index (κ1) is 13.6. The van der Waals surface area contributed by atoms with Gasteiger partial charge in [0.25, 0.3) is 0 Å². The maximum atomic E-state index is 10.3. The minimum atomic E-state index is -0.389. The zero-order chi connectivity index (χ0) is 13.0. The van der Waals surface area contributed by atoms with E-state index in [1.54, 1.807) is 0 Å². The molecule has 18 heavy (non-hydrogen) atoms. The SMILES string of the molecule is C=C(Cl)CN1CCCC1CC(O)c1ccccc1. The Kier molecular flexibility index (Phi) is 4.81. The lowest BCUT2D eigenvalue weighted by Gasteiger charge is -2.26. The molecule has 1 heterocycles. The molecule has 2 nitrogen and oxygen atoms in total. The molecule has 3 heteroatoms. The molecule has 1 aromatic carbocycles. The third-order valence-corrected chi connectivity index (χ3v) is 3.67. The van der Waals surface area contributed by atoms with Crippen molar-refractivity contribution in [2.24, 2.45) is 0 Å². The second-order valence-corrected chi connectivity index (χ2v) is 5.48. The first-order valence-electron chi connectivity index (χ1n) is 6.47. The average Bonchev–Trinajstić information content (AvgIpc) is 2.77. The number of aliphatic hydroxyl groups excluding tert-OH is 1. The van der Waals surface area contributed by atoms with Crippen LogP contribution in [0.15, 0.2) is 41.9 Å². The Balaban J connectivity index is 1.94. The molecular formula is C15H20ClNO. The number of aliphatic hydroxyl groups is 1. The molecule has 2 rings (SSSR count). The van der Waals surface area contributed by atoms with E-state index in [9.17, 15) is 5.11 Å². The summed E-state index contributed by atoms with van der Waals surface area (Å²) in [5.41, 5.74) is 0.994. The average molecular weight is 266 g/mol. The highest BCUT2D eigenvalue weighted by atomic mass is 35.5. The zero-order valence-corrected chi connectivity index (χ0v) is 11.3. The minimum absolute atomic E-state index is 0.389. The molecule has 0 spiro atoms. The van der Waals surface area contributed by atoms with Crippen LogP contribution in [0, 0.1) is 0 Å². The van der Waals surface area contributed by atoms with Crippen molar-refractivity contribution >= 4 is 11.6 Å². The van der Waals surface area contributed by atoms with E-state index < -0.39 is 0 Å². The molecule has 0 aromatic heterocycles. The summed E-state index contributed by atoms with van der Waals surface area (Å²) < 4.78 is 0. The summed E-state index contributed by atoms with van der Waals surface area (Å²) in [6.07, 6.45) is 2.69. The largest absolute Gasteiger partial charge is 0.388 e. The molecule has 2 atom stereocenters. The van der Waals surface area contributed by atoms with E-state index in [2.05, 4.69) is 11.5 Å². The van der Waals surface area contributed by atoms with Gasteiger partial charge in [-0.25, -0.2) is 0 Å². The molecule has 2 unspecified atom stereocenters. The van der Waals surface area contributed by atoms with Crippen LogP contribution >= 0.6 is 11.6 Å². The number of rotatable bonds is 5. The molecule has 0 radical (unpaired) electrons. The second kappa shape index (κ2) is 6.37. The Hall–Kier alpha value is -0.830. The van der Waals surface area contributed by atoms with E-state index in [-0.39, 0.29) is 6.10 Å². The van der Waals surface area contributed by atoms with Gasteiger partial charge < -0.3 is 5.11 Å². The lowest BCUT2D eigenvalue weighted by Crippen LogP contribution is -2.31. The number of nitrogens with zero attached hydrogens (tertiary/aromatic N) is 1. The van der Waals surface area contributed by atoms with Gasteiger partial charge >= 0.3 is 0 Å².